The van der Waals surface area contributed by atoms with Gasteiger partial charge in [-0.3, -0.25) is 9.59 Å². The maximum atomic E-state index is 12.6. The second-order valence-electron chi connectivity index (χ2n) is 6.58. The molecule has 2 heterocycles. The van der Waals surface area contributed by atoms with E-state index < -0.39 is 0 Å². The van der Waals surface area contributed by atoms with Crippen LogP contribution in [-0.2, 0) is 0 Å². The number of hydrogen-bond acceptors (Lipinski definition) is 5. The number of carbonyl (C=O) groups is 2. The van der Waals surface area contributed by atoms with Crippen LogP contribution in [0.5, 0.6) is 0 Å². The van der Waals surface area contributed by atoms with Crippen LogP contribution in [0.3, 0.4) is 0 Å². The minimum atomic E-state index is -0.306. The molecular formula is C20H24N4O2. The van der Waals surface area contributed by atoms with E-state index in [0.29, 0.717) is 28.9 Å². The number of amides is 1. The Kier molecular flexibility index (Phi) is 5.61. The van der Waals surface area contributed by atoms with Crippen molar-refractivity contribution in [3.63, 3.8) is 0 Å². The van der Waals surface area contributed by atoms with Gasteiger partial charge in [0.1, 0.15) is 5.69 Å². The number of Topliss-reactive ketones (excluding diaryl/α,β-unsaturated/α-hetero) is 1. The molecule has 1 amide bonds. The number of anilines is 2. The quantitative estimate of drug-likeness (QED) is 0.831. The van der Waals surface area contributed by atoms with Crippen LogP contribution < -0.4 is 10.2 Å². The third kappa shape index (κ3) is 4.07. The maximum absolute atomic E-state index is 12.6. The minimum Gasteiger partial charge on any atom is -0.338 e. The van der Waals surface area contributed by atoms with Gasteiger partial charge in [-0.2, -0.15) is 0 Å². The monoisotopic (exact) mass is 352 g/mol. The summed E-state index contributed by atoms with van der Waals surface area (Å²) in [6.07, 6.45) is 6.14. The number of hydrogen-bond donors (Lipinski definition) is 1. The van der Waals surface area contributed by atoms with Crippen molar-refractivity contribution in [3.05, 3.63) is 47.8 Å². The second kappa shape index (κ2) is 8.08. The fraction of sp³-hybridized carbons (Fsp3) is 0.400. The molecule has 1 saturated heterocycles. The first-order valence-corrected chi connectivity index (χ1v) is 9.10. The number of nitrogens with one attached hydrogen (secondary N) is 1. The minimum absolute atomic E-state index is 0.0406. The van der Waals surface area contributed by atoms with E-state index in [1.54, 1.807) is 36.5 Å². The molecule has 0 spiro atoms. The highest BCUT2D eigenvalue weighted by Crippen LogP contribution is 2.23. The van der Waals surface area contributed by atoms with Crippen molar-refractivity contribution in [1.82, 2.24) is 9.97 Å². The molecule has 1 aromatic carbocycles. The molecule has 1 unspecified atom stereocenters. The van der Waals surface area contributed by atoms with Gasteiger partial charge >= 0.3 is 0 Å². The molecule has 0 saturated carbocycles. The van der Waals surface area contributed by atoms with Crippen molar-refractivity contribution in [1.29, 1.82) is 0 Å². The van der Waals surface area contributed by atoms with Gasteiger partial charge in [0.15, 0.2) is 5.78 Å². The Balaban J connectivity index is 1.78. The van der Waals surface area contributed by atoms with Crippen molar-refractivity contribution >= 4 is 23.3 Å². The third-order valence-electron chi connectivity index (χ3n) is 4.76. The topological polar surface area (TPSA) is 75.2 Å². The highest BCUT2D eigenvalue weighted by molar-refractivity contribution is 6.04. The Morgan fingerprint density at radius 1 is 1.27 bits per heavy atom. The van der Waals surface area contributed by atoms with Crippen molar-refractivity contribution in [2.75, 3.05) is 16.8 Å². The lowest BCUT2D eigenvalue weighted by atomic mass is 10.0. The van der Waals surface area contributed by atoms with E-state index in [4.69, 9.17) is 0 Å². The van der Waals surface area contributed by atoms with Gasteiger partial charge < -0.3 is 10.2 Å². The average Bonchev–Trinajstić information content (AvgIpc) is 2.68. The number of carbonyl (C=O) groups excluding carboxylic acids is 2. The second-order valence-corrected chi connectivity index (χ2v) is 6.58. The van der Waals surface area contributed by atoms with Crippen molar-refractivity contribution < 1.29 is 9.59 Å². The summed E-state index contributed by atoms with van der Waals surface area (Å²) in [5.41, 5.74) is 1.46. The molecule has 1 N–H and O–H groups in total. The van der Waals surface area contributed by atoms with Gasteiger partial charge in [-0.1, -0.05) is 19.1 Å². The Hall–Kier alpha value is -2.76. The maximum Gasteiger partial charge on any atom is 0.274 e. The van der Waals surface area contributed by atoms with E-state index >= 15 is 0 Å². The summed E-state index contributed by atoms with van der Waals surface area (Å²) in [5.74, 6) is 0.266. The summed E-state index contributed by atoms with van der Waals surface area (Å²) in [5, 5.41) is 2.81. The standard InChI is InChI=1S/C20H24N4O2/c1-3-17-9-4-5-12-24(17)20-21-11-10-18(23-20)19(26)22-16-8-6-7-15(13-16)14(2)25/h6-8,10-11,13,17H,3-5,9,12H2,1-2H3,(H,22,26). The molecule has 3 rings (SSSR count). The molecule has 0 bridgehead atoms. The van der Waals surface area contributed by atoms with Gasteiger partial charge in [0.25, 0.3) is 5.91 Å². The fourth-order valence-corrected chi connectivity index (χ4v) is 3.31. The molecular weight excluding hydrogens is 328 g/mol. The van der Waals surface area contributed by atoms with E-state index in [2.05, 4.69) is 27.1 Å². The van der Waals surface area contributed by atoms with Gasteiger partial charge in [0.2, 0.25) is 5.95 Å². The molecule has 1 atom stereocenters. The van der Waals surface area contributed by atoms with Gasteiger partial charge in [-0.25, -0.2) is 9.97 Å². The molecule has 26 heavy (non-hydrogen) atoms. The molecule has 0 aliphatic carbocycles. The predicted molar refractivity (Wildman–Crippen MR) is 102 cm³/mol. The average molecular weight is 352 g/mol. The van der Waals surface area contributed by atoms with Gasteiger partial charge in [-0.15, -0.1) is 0 Å². The normalized spacial score (nSPS) is 17.0. The Morgan fingerprint density at radius 3 is 2.88 bits per heavy atom. The zero-order valence-electron chi connectivity index (χ0n) is 15.2. The Labute approximate surface area is 153 Å². The van der Waals surface area contributed by atoms with Crippen LogP contribution in [0.25, 0.3) is 0 Å². The van der Waals surface area contributed by atoms with Gasteiger partial charge in [-0.05, 0) is 50.8 Å². The van der Waals surface area contributed by atoms with Crippen LogP contribution in [0, 0.1) is 0 Å². The summed E-state index contributed by atoms with van der Waals surface area (Å²) in [6.45, 7) is 4.59. The number of piperidine rings is 1. The van der Waals surface area contributed by atoms with Crippen LogP contribution in [-0.4, -0.2) is 34.2 Å². The molecule has 1 aliphatic heterocycles. The van der Waals surface area contributed by atoms with E-state index in [1.807, 2.05) is 0 Å². The summed E-state index contributed by atoms with van der Waals surface area (Å²) < 4.78 is 0. The molecule has 1 aliphatic rings. The van der Waals surface area contributed by atoms with E-state index in [9.17, 15) is 9.59 Å². The third-order valence-corrected chi connectivity index (χ3v) is 4.76. The number of rotatable bonds is 5. The Bertz CT molecular complexity index is 806. The SMILES string of the molecule is CCC1CCCCN1c1nccc(C(=O)Nc2cccc(C(C)=O)c2)n1. The molecule has 2 aromatic rings. The van der Waals surface area contributed by atoms with Gasteiger partial charge in [0.05, 0.1) is 0 Å². The summed E-state index contributed by atoms with van der Waals surface area (Å²) in [4.78, 5) is 35.1. The predicted octanol–water partition coefficient (Wildman–Crippen LogP) is 3.70. The van der Waals surface area contributed by atoms with Crippen LogP contribution in [0.2, 0.25) is 0 Å². The highest BCUT2D eigenvalue weighted by Gasteiger charge is 2.23. The Morgan fingerprint density at radius 2 is 2.12 bits per heavy atom. The summed E-state index contributed by atoms with van der Waals surface area (Å²) in [6, 6.07) is 8.93. The van der Waals surface area contributed by atoms with E-state index in [0.717, 1.165) is 25.8 Å². The van der Waals surface area contributed by atoms with Gasteiger partial charge in [0, 0.05) is 30.0 Å². The lowest BCUT2D eigenvalue weighted by Gasteiger charge is -2.35. The summed E-state index contributed by atoms with van der Waals surface area (Å²) >= 11 is 0. The first-order chi connectivity index (χ1) is 12.6. The summed E-state index contributed by atoms with van der Waals surface area (Å²) in [7, 11) is 0. The van der Waals surface area contributed by atoms with Crippen molar-refractivity contribution in [2.24, 2.45) is 0 Å². The van der Waals surface area contributed by atoms with Crippen LogP contribution >= 0.6 is 0 Å². The first kappa shape index (κ1) is 18.0. The van der Waals surface area contributed by atoms with Crippen LogP contribution in [0.4, 0.5) is 11.6 Å². The molecule has 0 radical (unpaired) electrons. The fourth-order valence-electron chi connectivity index (χ4n) is 3.31. The smallest absolute Gasteiger partial charge is 0.274 e. The molecule has 6 nitrogen and oxygen atoms in total. The molecule has 136 valence electrons. The van der Waals surface area contributed by atoms with Crippen LogP contribution in [0.1, 0.15) is 60.4 Å². The largest absolute Gasteiger partial charge is 0.338 e. The van der Waals surface area contributed by atoms with Crippen LogP contribution in [0.15, 0.2) is 36.5 Å². The number of nitrogens with zero attached hydrogens (tertiary/aromatic N) is 3. The van der Waals surface area contributed by atoms with E-state index in [1.165, 1.54) is 13.3 Å². The zero-order valence-corrected chi connectivity index (χ0v) is 15.2. The molecule has 6 heteroatoms. The first-order valence-electron chi connectivity index (χ1n) is 9.10. The lowest BCUT2D eigenvalue weighted by molar-refractivity contribution is 0.100. The number of aromatic nitrogens is 2. The van der Waals surface area contributed by atoms with Crippen molar-refractivity contribution in [3.8, 4) is 0 Å². The number of benzene rings is 1. The van der Waals surface area contributed by atoms with E-state index in [-0.39, 0.29) is 11.7 Å². The van der Waals surface area contributed by atoms with Crippen molar-refractivity contribution in [2.45, 2.75) is 45.6 Å². The molecule has 1 fully saturated rings. The lowest BCUT2D eigenvalue weighted by Crippen LogP contribution is -2.40. The zero-order chi connectivity index (χ0) is 18.5. The highest BCUT2D eigenvalue weighted by atomic mass is 16.2. The number of ketones is 1. The molecule has 1 aromatic heterocycles.